The third kappa shape index (κ3) is 4.28. The number of nitrogens with zero attached hydrogens (tertiary/aromatic N) is 4. The highest BCUT2D eigenvalue weighted by molar-refractivity contribution is 6.30. The fraction of sp³-hybridized carbons (Fsp3) is 0.250. The Morgan fingerprint density at radius 2 is 1.81 bits per heavy atom. The van der Waals surface area contributed by atoms with E-state index in [0.717, 1.165) is 0 Å². The van der Waals surface area contributed by atoms with Gasteiger partial charge in [0.05, 0.1) is 5.69 Å². The molecule has 2 aromatic carbocycles. The molecule has 1 amide bonds. The van der Waals surface area contributed by atoms with E-state index in [1.54, 1.807) is 48.1 Å². The molecule has 0 saturated heterocycles. The van der Waals surface area contributed by atoms with Crippen LogP contribution in [0.2, 0.25) is 5.02 Å². The Bertz CT molecular complexity index is 948. The van der Waals surface area contributed by atoms with E-state index in [1.807, 2.05) is 39.0 Å². The van der Waals surface area contributed by atoms with Crippen molar-refractivity contribution in [1.29, 1.82) is 0 Å². The van der Waals surface area contributed by atoms with E-state index < -0.39 is 6.09 Å². The monoisotopic (exact) mass is 384 g/mol. The van der Waals surface area contributed by atoms with E-state index >= 15 is 0 Å². The molecule has 0 bridgehead atoms. The normalized spacial score (nSPS) is 11.3. The van der Waals surface area contributed by atoms with Gasteiger partial charge in [0.1, 0.15) is 5.75 Å². The highest BCUT2D eigenvalue weighted by Gasteiger charge is 2.27. The van der Waals surface area contributed by atoms with Crippen LogP contribution in [0.5, 0.6) is 5.75 Å². The largest absolute Gasteiger partial charge is 0.421 e. The summed E-state index contributed by atoms with van der Waals surface area (Å²) in [6.07, 6.45) is -0.558. The van der Waals surface area contributed by atoms with Gasteiger partial charge in [-0.2, -0.15) is 9.67 Å². The van der Waals surface area contributed by atoms with Crippen LogP contribution in [0.15, 0.2) is 54.6 Å². The quantitative estimate of drug-likeness (QED) is 0.647. The van der Waals surface area contributed by atoms with E-state index in [9.17, 15) is 4.79 Å². The number of hydrogen-bond donors (Lipinski definition) is 0. The fourth-order valence-electron chi connectivity index (χ4n) is 2.36. The molecule has 0 aliphatic heterocycles. The topological polar surface area (TPSA) is 60.3 Å². The second kappa shape index (κ2) is 7.40. The first-order chi connectivity index (χ1) is 12.8. The average Bonchev–Trinajstić information content (AvgIpc) is 3.07. The van der Waals surface area contributed by atoms with Gasteiger partial charge in [-0.25, -0.2) is 9.69 Å². The van der Waals surface area contributed by atoms with E-state index in [1.165, 1.54) is 4.90 Å². The molecule has 0 aliphatic rings. The molecule has 0 unspecified atom stereocenters. The maximum Gasteiger partial charge on any atom is 0.421 e. The molecule has 0 saturated carbocycles. The predicted molar refractivity (Wildman–Crippen MR) is 106 cm³/mol. The van der Waals surface area contributed by atoms with Crippen LogP contribution >= 0.6 is 11.6 Å². The van der Waals surface area contributed by atoms with Gasteiger partial charge in [0.15, 0.2) is 5.82 Å². The van der Waals surface area contributed by atoms with Crippen LogP contribution in [0.3, 0.4) is 0 Å². The van der Waals surface area contributed by atoms with E-state index in [-0.39, 0.29) is 5.41 Å². The number of amides is 1. The zero-order chi connectivity index (χ0) is 19.6. The van der Waals surface area contributed by atoms with Gasteiger partial charge in [0.2, 0.25) is 5.95 Å². The molecular weight excluding hydrogens is 364 g/mol. The Morgan fingerprint density at radius 3 is 2.44 bits per heavy atom. The molecule has 3 aromatic rings. The molecule has 0 fully saturated rings. The lowest BCUT2D eigenvalue weighted by molar-refractivity contribution is 0.208. The first kappa shape index (κ1) is 18.9. The van der Waals surface area contributed by atoms with Gasteiger partial charge < -0.3 is 4.74 Å². The Hall–Kier alpha value is -2.86. The smallest absolute Gasteiger partial charge is 0.410 e. The number of halogens is 1. The number of benzene rings is 2. The minimum atomic E-state index is -0.558. The summed E-state index contributed by atoms with van der Waals surface area (Å²) in [7, 11) is 1.60. The van der Waals surface area contributed by atoms with Crippen molar-refractivity contribution in [1.82, 2.24) is 14.8 Å². The predicted octanol–water partition coefficient (Wildman–Crippen LogP) is 4.85. The number of carbonyl (C=O) groups excluding carboxylic acids is 1. The Morgan fingerprint density at radius 1 is 1.11 bits per heavy atom. The van der Waals surface area contributed by atoms with Crippen LogP contribution in [-0.4, -0.2) is 27.9 Å². The van der Waals surface area contributed by atoms with Gasteiger partial charge >= 0.3 is 6.09 Å². The number of rotatable bonds is 3. The Balaban J connectivity index is 2.00. The zero-order valence-corrected chi connectivity index (χ0v) is 16.4. The third-order valence-electron chi connectivity index (χ3n) is 3.84. The minimum Gasteiger partial charge on any atom is -0.410 e. The summed E-state index contributed by atoms with van der Waals surface area (Å²) in [5.74, 6) is 1.42. The van der Waals surface area contributed by atoms with Gasteiger partial charge in [0.25, 0.3) is 0 Å². The molecule has 140 valence electrons. The van der Waals surface area contributed by atoms with Crippen LogP contribution in [-0.2, 0) is 5.41 Å². The van der Waals surface area contributed by atoms with Crippen molar-refractivity contribution in [3.05, 3.63) is 65.4 Å². The van der Waals surface area contributed by atoms with Gasteiger partial charge in [-0.3, -0.25) is 0 Å². The standard InChI is InChI=1S/C20H21ClN4O2/c1-20(2,3)17-22-18(25(23-17)15-10-8-9-14(21)13-15)24(4)19(26)27-16-11-6-5-7-12-16/h5-13H,1-4H3. The molecular formula is C20H21ClN4O2. The second-order valence-corrected chi connectivity index (χ2v) is 7.55. The number of carbonyl (C=O) groups is 1. The lowest BCUT2D eigenvalue weighted by Gasteiger charge is -2.16. The summed E-state index contributed by atoms with van der Waals surface area (Å²) in [6, 6.07) is 16.1. The maximum absolute atomic E-state index is 12.6. The fourth-order valence-corrected chi connectivity index (χ4v) is 2.54. The second-order valence-electron chi connectivity index (χ2n) is 7.12. The van der Waals surface area contributed by atoms with Crippen molar-refractivity contribution in [2.75, 3.05) is 11.9 Å². The summed E-state index contributed by atoms with van der Waals surface area (Å²) >= 11 is 6.13. The maximum atomic E-state index is 12.6. The van der Waals surface area contributed by atoms with Crippen molar-refractivity contribution in [2.24, 2.45) is 0 Å². The van der Waals surface area contributed by atoms with Crippen LogP contribution in [0.1, 0.15) is 26.6 Å². The van der Waals surface area contributed by atoms with Crippen molar-refractivity contribution < 1.29 is 9.53 Å². The number of ether oxygens (including phenoxy) is 1. The summed E-state index contributed by atoms with van der Waals surface area (Å²) in [5.41, 5.74) is 0.419. The van der Waals surface area contributed by atoms with Crippen molar-refractivity contribution in [3.63, 3.8) is 0 Å². The van der Waals surface area contributed by atoms with Crippen molar-refractivity contribution in [2.45, 2.75) is 26.2 Å². The summed E-state index contributed by atoms with van der Waals surface area (Å²) < 4.78 is 7.02. The van der Waals surface area contributed by atoms with Crippen molar-refractivity contribution in [3.8, 4) is 11.4 Å². The molecule has 0 radical (unpaired) electrons. The number of aromatic nitrogens is 3. The van der Waals surface area contributed by atoms with Gasteiger partial charge in [-0.05, 0) is 30.3 Å². The highest BCUT2D eigenvalue weighted by atomic mass is 35.5. The lowest BCUT2D eigenvalue weighted by Crippen LogP contribution is -2.31. The summed E-state index contributed by atoms with van der Waals surface area (Å²) in [6.45, 7) is 6.03. The molecule has 0 aliphatic carbocycles. The Labute approximate surface area is 163 Å². The third-order valence-corrected chi connectivity index (χ3v) is 4.07. The van der Waals surface area contributed by atoms with E-state index in [4.69, 9.17) is 16.3 Å². The molecule has 0 N–H and O–H groups in total. The van der Waals surface area contributed by atoms with Crippen LogP contribution in [0.25, 0.3) is 5.69 Å². The molecule has 1 aromatic heterocycles. The molecule has 6 nitrogen and oxygen atoms in total. The van der Waals surface area contributed by atoms with Crippen LogP contribution in [0.4, 0.5) is 10.7 Å². The number of anilines is 1. The SMILES string of the molecule is CN(C(=O)Oc1ccccc1)c1nc(C(C)(C)C)nn1-c1cccc(Cl)c1. The lowest BCUT2D eigenvalue weighted by atomic mass is 9.96. The van der Waals surface area contributed by atoms with E-state index in [2.05, 4.69) is 10.1 Å². The van der Waals surface area contributed by atoms with Gasteiger partial charge in [-0.15, -0.1) is 5.10 Å². The average molecular weight is 385 g/mol. The molecule has 1 heterocycles. The van der Waals surface area contributed by atoms with Gasteiger partial charge in [-0.1, -0.05) is 56.6 Å². The number of hydrogen-bond acceptors (Lipinski definition) is 4. The molecule has 0 spiro atoms. The summed E-state index contributed by atoms with van der Waals surface area (Å²) in [5, 5.41) is 5.17. The highest BCUT2D eigenvalue weighted by Crippen LogP contribution is 2.26. The molecule has 7 heteroatoms. The minimum absolute atomic E-state index is 0.289. The summed E-state index contributed by atoms with van der Waals surface area (Å²) in [4.78, 5) is 18.5. The number of para-hydroxylation sites is 1. The Kier molecular flexibility index (Phi) is 5.19. The molecule has 0 atom stereocenters. The molecule has 3 rings (SSSR count). The molecule has 27 heavy (non-hydrogen) atoms. The van der Waals surface area contributed by atoms with Crippen LogP contribution in [0, 0.1) is 0 Å². The van der Waals surface area contributed by atoms with E-state index in [0.29, 0.717) is 28.2 Å². The van der Waals surface area contributed by atoms with Crippen LogP contribution < -0.4 is 9.64 Å². The zero-order valence-electron chi connectivity index (χ0n) is 15.7. The van der Waals surface area contributed by atoms with Gasteiger partial charge in [0, 0.05) is 17.5 Å². The first-order valence-electron chi connectivity index (χ1n) is 8.50. The first-order valence-corrected chi connectivity index (χ1v) is 8.87. The van der Waals surface area contributed by atoms with Crippen molar-refractivity contribution >= 4 is 23.6 Å².